The van der Waals surface area contributed by atoms with Crippen LogP contribution in [0.3, 0.4) is 0 Å². The van der Waals surface area contributed by atoms with Crippen LogP contribution in [-0.2, 0) is 9.59 Å². The zero-order valence-corrected chi connectivity index (χ0v) is 12.3. The summed E-state index contributed by atoms with van der Waals surface area (Å²) in [6.45, 7) is 0. The smallest absolute Gasteiger partial charge is 0.269 e. The van der Waals surface area contributed by atoms with Gasteiger partial charge in [-0.25, -0.2) is 0 Å². The van der Waals surface area contributed by atoms with Gasteiger partial charge in [-0.15, -0.1) is 0 Å². The Morgan fingerprint density at radius 1 is 1.12 bits per heavy atom. The predicted molar refractivity (Wildman–Crippen MR) is 84.3 cm³/mol. The number of para-hydroxylation sites is 1. The van der Waals surface area contributed by atoms with Crippen LogP contribution in [-0.4, -0.2) is 17.5 Å². The Kier molecular flexibility index (Phi) is 4.07. The highest BCUT2D eigenvalue weighted by Gasteiger charge is 2.27. The molecule has 120 valence electrons. The van der Waals surface area contributed by atoms with Crippen molar-refractivity contribution >= 4 is 18.3 Å². The fourth-order valence-corrected chi connectivity index (χ4v) is 2.52. The molecule has 1 heterocycles. The zero-order valence-electron chi connectivity index (χ0n) is 12.3. The van der Waals surface area contributed by atoms with Crippen LogP contribution in [0, 0.1) is 10.1 Å². The van der Waals surface area contributed by atoms with Crippen LogP contribution >= 0.6 is 0 Å². The van der Waals surface area contributed by atoms with E-state index in [2.05, 4.69) is 5.32 Å². The van der Waals surface area contributed by atoms with Crippen LogP contribution in [0.2, 0.25) is 0 Å². The summed E-state index contributed by atoms with van der Waals surface area (Å²) in [5.74, 6) is 0.499. The fourth-order valence-electron chi connectivity index (χ4n) is 2.52. The molecule has 0 spiro atoms. The Hall–Kier alpha value is -3.48. The van der Waals surface area contributed by atoms with Crippen molar-refractivity contribution in [3.05, 3.63) is 81.2 Å². The minimum atomic E-state index is -0.486. The second kappa shape index (κ2) is 6.33. The average Bonchev–Trinajstić information content (AvgIpc) is 2.62. The van der Waals surface area contributed by atoms with Gasteiger partial charge in [0.1, 0.15) is 11.3 Å². The van der Waals surface area contributed by atoms with Gasteiger partial charge in [0.05, 0.1) is 11.0 Å². The number of nitrogens with zero attached hydrogens (tertiary/aromatic N) is 1. The Bertz CT molecular complexity index is 850. The first-order valence-corrected chi connectivity index (χ1v) is 7.06. The van der Waals surface area contributed by atoms with E-state index in [0.29, 0.717) is 23.9 Å². The number of nitrogens with one attached hydrogen (secondary N) is 1. The topological polar surface area (TPSA) is 98.5 Å². The molecular formula is C17H12N2O5. The second-order valence-corrected chi connectivity index (χ2v) is 5.09. The lowest BCUT2D eigenvalue weighted by Gasteiger charge is -2.30. The van der Waals surface area contributed by atoms with E-state index in [4.69, 9.17) is 4.74 Å². The third-order valence-electron chi connectivity index (χ3n) is 3.65. The lowest BCUT2D eigenvalue weighted by Crippen LogP contribution is -2.31. The number of benzene rings is 2. The van der Waals surface area contributed by atoms with E-state index in [1.807, 2.05) is 12.1 Å². The predicted octanol–water partition coefficient (Wildman–Crippen LogP) is 2.28. The van der Waals surface area contributed by atoms with Crippen molar-refractivity contribution in [2.45, 2.75) is 6.04 Å². The van der Waals surface area contributed by atoms with Gasteiger partial charge >= 0.3 is 0 Å². The van der Waals surface area contributed by atoms with Crippen molar-refractivity contribution in [1.29, 1.82) is 0 Å². The molecule has 0 saturated carbocycles. The molecule has 1 N–H and O–H groups in total. The van der Waals surface area contributed by atoms with Crippen molar-refractivity contribution in [2.24, 2.45) is 0 Å². The molecule has 0 amide bonds. The van der Waals surface area contributed by atoms with Crippen molar-refractivity contribution in [1.82, 2.24) is 5.32 Å². The molecule has 3 rings (SSSR count). The highest BCUT2D eigenvalue weighted by molar-refractivity contribution is 5.99. The first-order chi connectivity index (χ1) is 11.6. The van der Waals surface area contributed by atoms with E-state index in [1.165, 1.54) is 12.1 Å². The largest absolute Gasteiger partial charge is 0.440 e. The summed E-state index contributed by atoms with van der Waals surface area (Å²) in [4.78, 5) is 32.6. The number of fused-ring (bicyclic) bond motifs is 1. The monoisotopic (exact) mass is 324 g/mol. The molecule has 1 atom stereocenters. The average molecular weight is 324 g/mol. The molecule has 1 aliphatic rings. The third-order valence-corrected chi connectivity index (χ3v) is 3.65. The zero-order chi connectivity index (χ0) is 17.1. The Morgan fingerprint density at radius 3 is 2.58 bits per heavy atom. The molecule has 2 aromatic rings. The quantitative estimate of drug-likeness (QED) is 0.231. The van der Waals surface area contributed by atoms with Crippen molar-refractivity contribution < 1.29 is 19.2 Å². The second-order valence-electron chi connectivity index (χ2n) is 5.09. The molecule has 1 unspecified atom stereocenters. The first-order valence-electron chi connectivity index (χ1n) is 7.06. The molecule has 0 saturated heterocycles. The van der Waals surface area contributed by atoms with Crippen LogP contribution in [0.25, 0.3) is 0 Å². The number of hydrogen-bond acceptors (Lipinski definition) is 6. The summed E-state index contributed by atoms with van der Waals surface area (Å²) < 4.78 is 5.58. The van der Waals surface area contributed by atoms with E-state index in [1.54, 1.807) is 24.3 Å². The molecule has 0 aromatic heterocycles. The normalized spacial score (nSPS) is 15.5. The summed E-state index contributed by atoms with van der Waals surface area (Å²) >= 11 is 0. The van der Waals surface area contributed by atoms with Gasteiger partial charge in [-0.2, -0.15) is 0 Å². The Labute approximate surface area is 136 Å². The standard InChI is InChI=1S/C17H12N2O5/c20-9-12(10-21)17-18-16(14-6-1-2-7-15(14)24-17)11-4-3-5-13(8-11)19(22)23/h1-10,16,18H. The van der Waals surface area contributed by atoms with Gasteiger partial charge in [0.2, 0.25) is 5.88 Å². The molecule has 1 aliphatic heterocycles. The summed E-state index contributed by atoms with van der Waals surface area (Å²) in [6, 6.07) is 12.7. The van der Waals surface area contributed by atoms with E-state index in [0.717, 1.165) is 5.56 Å². The number of carbonyl (C=O) groups excluding carboxylic acids is 2. The number of ether oxygens (including phenoxy) is 1. The summed E-state index contributed by atoms with van der Waals surface area (Å²) in [5.41, 5.74) is 1.15. The van der Waals surface area contributed by atoms with Crippen molar-refractivity contribution in [3.63, 3.8) is 0 Å². The number of rotatable bonds is 4. The van der Waals surface area contributed by atoms with Crippen LogP contribution in [0.4, 0.5) is 5.69 Å². The van der Waals surface area contributed by atoms with E-state index < -0.39 is 11.0 Å². The number of allylic oxidation sites excluding steroid dienone is 1. The number of nitro groups is 1. The molecule has 0 fully saturated rings. The van der Waals surface area contributed by atoms with Crippen LogP contribution in [0.5, 0.6) is 5.75 Å². The molecule has 24 heavy (non-hydrogen) atoms. The molecular weight excluding hydrogens is 312 g/mol. The van der Waals surface area contributed by atoms with Gasteiger partial charge in [-0.1, -0.05) is 30.3 Å². The molecule has 7 heteroatoms. The minimum absolute atomic E-state index is 0.0233. The van der Waals surface area contributed by atoms with Gasteiger partial charge in [-0.3, -0.25) is 19.7 Å². The minimum Gasteiger partial charge on any atom is -0.440 e. The molecule has 0 radical (unpaired) electrons. The first kappa shape index (κ1) is 15.4. The van der Waals surface area contributed by atoms with E-state index in [9.17, 15) is 19.7 Å². The maximum absolute atomic E-state index is 11.0. The maximum atomic E-state index is 11.0. The lowest BCUT2D eigenvalue weighted by atomic mass is 9.96. The van der Waals surface area contributed by atoms with Gasteiger partial charge in [0, 0.05) is 17.7 Å². The molecule has 0 aliphatic carbocycles. The van der Waals surface area contributed by atoms with Gasteiger partial charge < -0.3 is 10.1 Å². The van der Waals surface area contributed by atoms with Crippen molar-refractivity contribution in [3.8, 4) is 5.75 Å². The van der Waals surface area contributed by atoms with Crippen LogP contribution in [0.15, 0.2) is 60.0 Å². The third kappa shape index (κ3) is 2.74. The Balaban J connectivity index is 2.14. The summed E-state index contributed by atoms with van der Waals surface area (Å²) in [7, 11) is 0. The molecule has 2 aromatic carbocycles. The highest BCUT2D eigenvalue weighted by atomic mass is 16.6. The number of hydrogen-bond donors (Lipinski definition) is 1. The van der Waals surface area contributed by atoms with Crippen LogP contribution in [0.1, 0.15) is 17.2 Å². The Morgan fingerprint density at radius 2 is 1.88 bits per heavy atom. The van der Waals surface area contributed by atoms with Crippen LogP contribution < -0.4 is 10.1 Å². The number of non-ortho nitro benzene ring substituents is 1. The molecule has 7 nitrogen and oxygen atoms in total. The maximum Gasteiger partial charge on any atom is 0.269 e. The number of carbonyl (C=O) groups is 2. The van der Waals surface area contributed by atoms with Crippen molar-refractivity contribution in [2.75, 3.05) is 0 Å². The van der Waals surface area contributed by atoms with Gasteiger partial charge in [-0.05, 0) is 11.6 Å². The highest BCUT2D eigenvalue weighted by Crippen LogP contribution is 2.36. The molecule has 0 bridgehead atoms. The number of aldehydes is 2. The summed E-state index contributed by atoms with van der Waals surface area (Å²) in [5, 5.41) is 14.0. The lowest BCUT2D eigenvalue weighted by molar-refractivity contribution is -0.384. The SMILES string of the molecule is O=CC(C=O)=C1NC(c2cccc([N+](=O)[O-])c2)c2ccccc2O1. The van der Waals surface area contributed by atoms with E-state index in [-0.39, 0.29) is 17.1 Å². The summed E-state index contributed by atoms with van der Waals surface area (Å²) in [6.07, 6.45) is 0.793. The van der Waals surface area contributed by atoms with Gasteiger partial charge in [0.25, 0.3) is 5.69 Å². The fraction of sp³-hybridized carbons (Fsp3) is 0.0588. The van der Waals surface area contributed by atoms with Gasteiger partial charge in [0.15, 0.2) is 12.6 Å². The number of nitro benzene ring substituents is 1. The van der Waals surface area contributed by atoms with E-state index >= 15 is 0 Å².